The molecule has 1 saturated heterocycles. The molecule has 4 aromatic carbocycles. The van der Waals surface area contributed by atoms with Crippen LogP contribution in [0, 0.1) is 0 Å². The van der Waals surface area contributed by atoms with E-state index in [2.05, 4.69) is 35.0 Å². The third-order valence-corrected chi connectivity index (χ3v) is 11.7. The van der Waals surface area contributed by atoms with E-state index in [0.29, 0.717) is 50.8 Å². The molecule has 0 aliphatic carbocycles. The number of aryl methyl sites for hydroxylation is 1. The third kappa shape index (κ3) is 6.61. The number of likely N-dealkylation sites (N-methyl/N-ethyl adjacent to an activating group) is 1. The summed E-state index contributed by atoms with van der Waals surface area (Å²) in [5.41, 5.74) is 7.81. The van der Waals surface area contributed by atoms with Crippen LogP contribution in [0.25, 0.3) is 27.7 Å². The average Bonchev–Trinajstić information content (AvgIpc) is 3.79. The number of nitrogens with zero attached hydrogens (tertiary/aromatic N) is 6. The topological polar surface area (TPSA) is 76.7 Å². The Morgan fingerprint density at radius 2 is 1.50 bits per heavy atom. The minimum absolute atomic E-state index is 0.00801. The number of phenols is 1. The number of aromatic hydroxyl groups is 1. The van der Waals surface area contributed by atoms with E-state index in [1.54, 1.807) is 35.2 Å². The molecule has 3 aromatic heterocycles. The van der Waals surface area contributed by atoms with E-state index in [-0.39, 0.29) is 23.6 Å². The monoisotopic (exact) mass is 762 g/mol. The van der Waals surface area contributed by atoms with Gasteiger partial charge >= 0.3 is 0 Å². The van der Waals surface area contributed by atoms with Crippen LogP contribution in [0.2, 0.25) is 5.02 Å². The highest BCUT2D eigenvalue weighted by atomic mass is 35.5. The molecular weight excluding hydrogens is 720 g/mol. The highest BCUT2D eigenvalue weighted by Crippen LogP contribution is 2.37. The highest BCUT2D eigenvalue weighted by Gasteiger charge is 2.34. The van der Waals surface area contributed by atoms with Gasteiger partial charge in [0, 0.05) is 103 Å². The molecule has 1 fully saturated rings. The lowest BCUT2D eigenvalue weighted by atomic mass is 9.92. The van der Waals surface area contributed by atoms with Gasteiger partial charge in [0.2, 0.25) is 0 Å². The molecule has 2 aliphatic heterocycles. The summed E-state index contributed by atoms with van der Waals surface area (Å²) >= 11 is 6.74. The molecule has 56 heavy (non-hydrogen) atoms. The van der Waals surface area contributed by atoms with Crippen LogP contribution in [0.5, 0.6) is 5.75 Å². The van der Waals surface area contributed by atoms with Crippen molar-refractivity contribution < 1.29 is 14.7 Å². The number of amides is 2. The largest absolute Gasteiger partial charge is 0.508 e. The second-order valence-electron chi connectivity index (χ2n) is 15.1. The molecular formula is C46H43ClN6O3. The second-order valence-corrected chi connectivity index (χ2v) is 15.5. The predicted octanol–water partition coefficient (Wildman–Crippen LogP) is 8.25. The van der Waals surface area contributed by atoms with E-state index in [1.165, 1.54) is 5.56 Å². The number of pyridine rings is 1. The number of phenolic OH excluding ortho intramolecular Hbond substituents is 1. The van der Waals surface area contributed by atoms with Gasteiger partial charge in [0.25, 0.3) is 11.8 Å². The van der Waals surface area contributed by atoms with E-state index >= 15 is 9.59 Å². The average molecular weight is 763 g/mol. The Labute approximate surface area is 331 Å². The SMILES string of the molecule is CN1CCN(C[C@@H]2Cc3ccccc3CN2C(=O)c2ccc(Cl)cc2-c2cc(C(=O)N(c3ccc(O)cc3)c3ccc4c(ccn4C)c3)c3ccccn23)CC1. The second kappa shape index (κ2) is 14.7. The Kier molecular flexibility index (Phi) is 9.37. The number of piperazine rings is 1. The lowest BCUT2D eigenvalue weighted by molar-refractivity contribution is 0.0536. The molecule has 0 saturated carbocycles. The van der Waals surface area contributed by atoms with Gasteiger partial charge in [0.1, 0.15) is 5.75 Å². The van der Waals surface area contributed by atoms with Gasteiger partial charge in [-0.15, -0.1) is 0 Å². The molecule has 282 valence electrons. The summed E-state index contributed by atoms with van der Waals surface area (Å²) in [5, 5.41) is 11.7. The minimum Gasteiger partial charge on any atom is -0.508 e. The van der Waals surface area contributed by atoms with Crippen LogP contribution in [0.3, 0.4) is 0 Å². The van der Waals surface area contributed by atoms with E-state index in [0.717, 1.165) is 55.6 Å². The van der Waals surface area contributed by atoms with Crippen LogP contribution in [0.4, 0.5) is 11.4 Å². The Bertz CT molecular complexity index is 2600. The molecule has 9 nitrogen and oxygen atoms in total. The van der Waals surface area contributed by atoms with E-state index in [4.69, 9.17) is 11.6 Å². The van der Waals surface area contributed by atoms with Crippen LogP contribution in [-0.2, 0) is 20.0 Å². The van der Waals surface area contributed by atoms with Gasteiger partial charge in [-0.3, -0.25) is 19.4 Å². The molecule has 9 rings (SSSR count). The van der Waals surface area contributed by atoms with Gasteiger partial charge in [0.15, 0.2) is 0 Å². The summed E-state index contributed by atoms with van der Waals surface area (Å²) in [6.07, 6.45) is 4.70. The number of fused-ring (bicyclic) bond motifs is 3. The molecule has 1 N–H and O–H groups in total. The number of halogens is 1. The number of anilines is 2. The van der Waals surface area contributed by atoms with Crippen molar-refractivity contribution in [2.45, 2.75) is 19.0 Å². The zero-order valence-corrected chi connectivity index (χ0v) is 32.2. The van der Waals surface area contributed by atoms with Crippen LogP contribution in [0.1, 0.15) is 31.8 Å². The van der Waals surface area contributed by atoms with E-state index in [9.17, 15) is 5.11 Å². The number of benzene rings is 4. The van der Waals surface area contributed by atoms with E-state index in [1.807, 2.05) is 100 Å². The summed E-state index contributed by atoms with van der Waals surface area (Å²) in [4.78, 5) is 38.7. The van der Waals surface area contributed by atoms with Crippen molar-refractivity contribution in [3.63, 3.8) is 0 Å². The van der Waals surface area contributed by atoms with Gasteiger partial charge in [0.05, 0.1) is 16.8 Å². The van der Waals surface area contributed by atoms with Gasteiger partial charge in [-0.2, -0.15) is 0 Å². The number of carbonyl (C=O) groups is 2. The van der Waals surface area contributed by atoms with Crippen LogP contribution < -0.4 is 4.90 Å². The normalized spacial score (nSPS) is 16.3. The van der Waals surface area contributed by atoms with Crippen LogP contribution in [-0.4, -0.2) is 86.4 Å². The fourth-order valence-electron chi connectivity index (χ4n) is 8.43. The molecule has 5 heterocycles. The maximum atomic E-state index is 15.1. The summed E-state index contributed by atoms with van der Waals surface area (Å²) in [6, 6.07) is 36.1. The number of aromatic nitrogens is 2. The molecule has 0 radical (unpaired) electrons. The summed E-state index contributed by atoms with van der Waals surface area (Å²) in [7, 11) is 4.15. The predicted molar refractivity (Wildman–Crippen MR) is 223 cm³/mol. The Balaban J connectivity index is 1.14. The third-order valence-electron chi connectivity index (χ3n) is 11.5. The van der Waals surface area contributed by atoms with Gasteiger partial charge in [-0.25, -0.2) is 0 Å². The minimum atomic E-state index is -0.254. The molecule has 0 bridgehead atoms. The molecule has 2 aliphatic rings. The van der Waals surface area contributed by atoms with Crippen molar-refractivity contribution in [2.24, 2.45) is 7.05 Å². The first kappa shape index (κ1) is 35.8. The summed E-state index contributed by atoms with van der Waals surface area (Å²) in [6.45, 7) is 5.26. The first-order valence-electron chi connectivity index (χ1n) is 19.1. The number of hydrogen-bond acceptors (Lipinski definition) is 5. The lowest BCUT2D eigenvalue weighted by Gasteiger charge is -2.41. The lowest BCUT2D eigenvalue weighted by Crippen LogP contribution is -2.53. The van der Waals surface area contributed by atoms with Gasteiger partial charge in [-0.1, -0.05) is 41.9 Å². The molecule has 0 spiro atoms. The van der Waals surface area contributed by atoms with Crippen LogP contribution in [0.15, 0.2) is 128 Å². The number of carbonyl (C=O) groups excluding carboxylic acids is 2. The smallest absolute Gasteiger partial charge is 0.265 e. The maximum Gasteiger partial charge on any atom is 0.265 e. The fourth-order valence-corrected chi connectivity index (χ4v) is 8.60. The Hall–Kier alpha value is -5.87. The van der Waals surface area contributed by atoms with Gasteiger partial charge in [-0.05, 0) is 110 Å². The zero-order chi connectivity index (χ0) is 38.5. The van der Waals surface area contributed by atoms with E-state index < -0.39 is 0 Å². The molecule has 0 unspecified atom stereocenters. The summed E-state index contributed by atoms with van der Waals surface area (Å²) < 4.78 is 4.01. The highest BCUT2D eigenvalue weighted by molar-refractivity contribution is 6.31. The molecule has 7 aromatic rings. The van der Waals surface area contributed by atoms with Crippen molar-refractivity contribution >= 4 is 51.2 Å². The van der Waals surface area contributed by atoms with Crippen molar-refractivity contribution in [1.29, 1.82) is 0 Å². The first-order valence-corrected chi connectivity index (χ1v) is 19.5. The first-order chi connectivity index (χ1) is 27.2. The fraction of sp³-hybridized carbons (Fsp3) is 0.217. The molecule has 1 atom stereocenters. The maximum absolute atomic E-state index is 15.1. The number of hydrogen-bond donors (Lipinski definition) is 1. The summed E-state index contributed by atoms with van der Waals surface area (Å²) in [5.74, 6) is -0.209. The van der Waals surface area contributed by atoms with Gasteiger partial charge < -0.3 is 23.9 Å². The standard InChI is InChI=1S/C46H43ClN6O3/c1-48-21-23-50(24-22-48)30-37-25-31-7-3-4-8-33(31)29-52(37)45(55)39-16-10-34(47)27-40(39)44-28-41(43-9-5-6-19-51(43)44)46(56)53(35-11-14-38(54)15-12-35)36-13-17-42-32(26-36)18-20-49(42)2/h3-20,26-28,37,54H,21-25,29-30H2,1-2H3/t37-/m0/s1. The Morgan fingerprint density at radius 1 is 0.750 bits per heavy atom. The van der Waals surface area contributed by atoms with Crippen molar-refractivity contribution in [1.82, 2.24) is 23.7 Å². The molecule has 2 amide bonds. The zero-order valence-electron chi connectivity index (χ0n) is 31.5. The quantitative estimate of drug-likeness (QED) is 0.177. The van der Waals surface area contributed by atoms with Crippen molar-refractivity contribution in [3.05, 3.63) is 155 Å². The van der Waals surface area contributed by atoms with Crippen molar-refractivity contribution in [2.75, 3.05) is 44.7 Å². The number of rotatable bonds is 7. The van der Waals surface area contributed by atoms with Crippen LogP contribution >= 0.6 is 11.6 Å². The van der Waals surface area contributed by atoms with Crippen molar-refractivity contribution in [3.8, 4) is 17.0 Å². The molecule has 10 heteroatoms. The Morgan fingerprint density at radius 3 is 2.30 bits per heavy atom.